The zero-order valence-corrected chi connectivity index (χ0v) is 12.6. The number of rotatable bonds is 4. The van der Waals surface area contributed by atoms with Gasteiger partial charge in [0.15, 0.2) is 0 Å². The van der Waals surface area contributed by atoms with Crippen molar-refractivity contribution >= 4 is 33.0 Å². The lowest BCUT2D eigenvalue weighted by Crippen LogP contribution is -2.32. The van der Waals surface area contributed by atoms with Crippen molar-refractivity contribution in [2.24, 2.45) is 0 Å². The van der Waals surface area contributed by atoms with E-state index in [4.69, 9.17) is 12.2 Å². The molecule has 2 aromatic rings. The number of hydrogen-bond acceptors (Lipinski definition) is 3. The summed E-state index contributed by atoms with van der Waals surface area (Å²) in [5.74, 6) is 2.47. The summed E-state index contributed by atoms with van der Waals surface area (Å²) in [5, 5.41) is 0.954. The molecule has 0 atom stereocenters. The number of carbonyl (C=O) groups is 1. The van der Waals surface area contributed by atoms with E-state index in [1.807, 2.05) is 32.0 Å². The molecular weight excluding hydrogens is 268 g/mol. The van der Waals surface area contributed by atoms with Gasteiger partial charge in [-0.15, -0.1) is 17.8 Å². The number of carbonyl (C=O) groups excluding carboxylic acids is 1. The van der Waals surface area contributed by atoms with Crippen molar-refractivity contribution in [2.45, 2.75) is 20.3 Å². The van der Waals surface area contributed by atoms with Crippen molar-refractivity contribution < 1.29 is 4.79 Å². The predicted octanol–water partition coefficient (Wildman–Crippen LogP) is 3.28. The van der Waals surface area contributed by atoms with E-state index >= 15 is 0 Å². The Bertz CT molecular complexity index is 682. The summed E-state index contributed by atoms with van der Waals surface area (Å²) >= 11 is 1.45. The number of amides is 1. The number of terminal acetylenes is 1. The topological polar surface area (TPSA) is 46.3 Å². The number of anilines is 1. The van der Waals surface area contributed by atoms with Crippen LogP contribution in [0.2, 0.25) is 0 Å². The monoisotopic (exact) mass is 286 g/mol. The molecular formula is C16H18N2OS. The molecule has 1 aromatic heterocycles. The summed E-state index contributed by atoms with van der Waals surface area (Å²) in [6.45, 7) is 5.02. The van der Waals surface area contributed by atoms with Gasteiger partial charge in [-0.05, 0) is 18.9 Å². The van der Waals surface area contributed by atoms with Gasteiger partial charge in [-0.2, -0.15) is 0 Å². The molecule has 20 heavy (non-hydrogen) atoms. The molecule has 1 heterocycles. The summed E-state index contributed by atoms with van der Waals surface area (Å²) in [7, 11) is 0. The first-order chi connectivity index (χ1) is 9.60. The van der Waals surface area contributed by atoms with Crippen LogP contribution >= 0.6 is 11.3 Å². The van der Waals surface area contributed by atoms with Crippen LogP contribution in [0.4, 0.5) is 5.69 Å². The number of nitrogens with two attached hydrogens (primary N) is 1. The highest BCUT2D eigenvalue weighted by atomic mass is 32.1. The number of nitrogen functional groups attached to an aromatic ring is 1. The molecule has 0 unspecified atom stereocenters. The van der Waals surface area contributed by atoms with Crippen molar-refractivity contribution in [3.05, 3.63) is 28.6 Å². The Balaban J connectivity index is 2.47. The lowest BCUT2D eigenvalue weighted by Gasteiger charge is -2.18. The lowest BCUT2D eigenvalue weighted by atomic mass is 10.1. The Morgan fingerprint density at radius 1 is 1.50 bits per heavy atom. The summed E-state index contributed by atoms with van der Waals surface area (Å²) in [4.78, 5) is 14.9. The van der Waals surface area contributed by atoms with Gasteiger partial charge in [0.25, 0.3) is 5.91 Å². The number of benzene rings is 1. The van der Waals surface area contributed by atoms with Crippen LogP contribution in [0.25, 0.3) is 10.1 Å². The number of hydrogen-bond donors (Lipinski definition) is 1. The van der Waals surface area contributed by atoms with E-state index in [0.717, 1.165) is 22.1 Å². The Morgan fingerprint density at radius 2 is 2.25 bits per heavy atom. The molecule has 0 saturated carbocycles. The standard InChI is InChI=1S/C16H18N2OS/c1-4-9-18(10-5-2)16(19)15-13(17)12-8-6-7-11(3)14(12)20-15/h1,6-8H,5,9-10,17H2,2-3H3. The fourth-order valence-electron chi connectivity index (χ4n) is 2.21. The zero-order valence-electron chi connectivity index (χ0n) is 11.8. The first-order valence-corrected chi connectivity index (χ1v) is 7.42. The summed E-state index contributed by atoms with van der Waals surface area (Å²) in [5.41, 5.74) is 7.85. The van der Waals surface area contributed by atoms with E-state index in [1.54, 1.807) is 4.90 Å². The van der Waals surface area contributed by atoms with Crippen molar-refractivity contribution in [3.63, 3.8) is 0 Å². The SMILES string of the molecule is C#CCN(CCC)C(=O)c1sc2c(C)cccc2c1N. The van der Waals surface area contributed by atoms with Gasteiger partial charge >= 0.3 is 0 Å². The molecule has 2 rings (SSSR count). The number of fused-ring (bicyclic) bond motifs is 1. The van der Waals surface area contributed by atoms with E-state index in [2.05, 4.69) is 5.92 Å². The van der Waals surface area contributed by atoms with E-state index in [1.165, 1.54) is 11.3 Å². The van der Waals surface area contributed by atoms with Crippen molar-refractivity contribution in [1.29, 1.82) is 0 Å². The van der Waals surface area contributed by atoms with Gasteiger partial charge in [-0.25, -0.2) is 0 Å². The third-order valence-corrected chi connectivity index (χ3v) is 4.55. The second-order valence-corrected chi connectivity index (χ2v) is 5.75. The van der Waals surface area contributed by atoms with Gasteiger partial charge in [-0.3, -0.25) is 4.79 Å². The van der Waals surface area contributed by atoms with Gasteiger partial charge in [0.2, 0.25) is 0 Å². The van der Waals surface area contributed by atoms with Gasteiger partial charge < -0.3 is 10.6 Å². The molecule has 0 saturated heterocycles. The molecule has 2 N–H and O–H groups in total. The third-order valence-electron chi connectivity index (χ3n) is 3.21. The highest BCUT2D eigenvalue weighted by molar-refractivity contribution is 7.21. The molecule has 4 heteroatoms. The first-order valence-electron chi connectivity index (χ1n) is 6.60. The molecule has 0 aliphatic heterocycles. The first kappa shape index (κ1) is 14.4. The minimum absolute atomic E-state index is 0.0668. The predicted molar refractivity (Wildman–Crippen MR) is 86.0 cm³/mol. The van der Waals surface area contributed by atoms with Crippen LogP contribution in [-0.4, -0.2) is 23.9 Å². The lowest BCUT2D eigenvalue weighted by molar-refractivity contribution is 0.0782. The number of nitrogens with zero attached hydrogens (tertiary/aromatic N) is 1. The van der Waals surface area contributed by atoms with Gasteiger partial charge in [-0.1, -0.05) is 31.0 Å². The zero-order chi connectivity index (χ0) is 14.7. The molecule has 0 fully saturated rings. The van der Waals surface area contributed by atoms with Gasteiger partial charge in [0, 0.05) is 16.6 Å². The van der Waals surface area contributed by atoms with Crippen molar-refractivity contribution in [1.82, 2.24) is 4.90 Å². The molecule has 1 aromatic carbocycles. The third kappa shape index (κ3) is 2.50. The van der Waals surface area contributed by atoms with Gasteiger partial charge in [0.1, 0.15) is 4.88 Å². The molecule has 0 spiro atoms. The normalized spacial score (nSPS) is 10.4. The fraction of sp³-hybridized carbons (Fsp3) is 0.312. The summed E-state index contributed by atoms with van der Waals surface area (Å²) in [6.07, 6.45) is 6.21. The largest absolute Gasteiger partial charge is 0.397 e. The van der Waals surface area contributed by atoms with Crippen LogP contribution < -0.4 is 5.73 Å². The Morgan fingerprint density at radius 3 is 2.85 bits per heavy atom. The Labute approximate surface area is 123 Å². The Hall–Kier alpha value is -1.99. The van der Waals surface area contributed by atoms with Crippen LogP contribution in [0.1, 0.15) is 28.6 Å². The summed E-state index contributed by atoms with van der Waals surface area (Å²) < 4.78 is 1.07. The van der Waals surface area contributed by atoms with Crippen molar-refractivity contribution in [3.8, 4) is 12.3 Å². The second kappa shape index (κ2) is 5.98. The number of aryl methyl sites for hydroxylation is 1. The minimum atomic E-state index is -0.0668. The molecule has 3 nitrogen and oxygen atoms in total. The van der Waals surface area contributed by atoms with E-state index < -0.39 is 0 Å². The highest BCUT2D eigenvalue weighted by Gasteiger charge is 2.21. The number of thiophene rings is 1. The van der Waals surface area contributed by atoms with E-state index in [0.29, 0.717) is 23.7 Å². The van der Waals surface area contributed by atoms with Crippen LogP contribution in [-0.2, 0) is 0 Å². The van der Waals surface area contributed by atoms with Crippen molar-refractivity contribution in [2.75, 3.05) is 18.8 Å². The van der Waals surface area contributed by atoms with E-state index in [9.17, 15) is 4.79 Å². The maximum atomic E-state index is 12.6. The second-order valence-electron chi connectivity index (χ2n) is 4.73. The molecule has 0 aliphatic carbocycles. The molecule has 0 radical (unpaired) electrons. The van der Waals surface area contributed by atoms with Crippen LogP contribution in [0.5, 0.6) is 0 Å². The maximum absolute atomic E-state index is 12.6. The quantitative estimate of drug-likeness (QED) is 0.877. The average Bonchev–Trinajstić information content (AvgIpc) is 2.77. The summed E-state index contributed by atoms with van der Waals surface area (Å²) in [6, 6.07) is 5.94. The van der Waals surface area contributed by atoms with Gasteiger partial charge in [0.05, 0.1) is 12.2 Å². The highest BCUT2D eigenvalue weighted by Crippen LogP contribution is 2.36. The molecule has 1 amide bonds. The molecule has 0 bridgehead atoms. The van der Waals surface area contributed by atoms with Crippen LogP contribution in [0.15, 0.2) is 18.2 Å². The minimum Gasteiger partial charge on any atom is -0.397 e. The van der Waals surface area contributed by atoms with Crippen LogP contribution in [0, 0.1) is 19.3 Å². The fourth-order valence-corrected chi connectivity index (χ4v) is 3.37. The average molecular weight is 286 g/mol. The Kier molecular flexibility index (Phi) is 4.31. The maximum Gasteiger partial charge on any atom is 0.266 e. The van der Waals surface area contributed by atoms with E-state index in [-0.39, 0.29) is 5.91 Å². The smallest absolute Gasteiger partial charge is 0.266 e. The molecule has 0 aliphatic rings. The van der Waals surface area contributed by atoms with Crippen LogP contribution in [0.3, 0.4) is 0 Å². The molecule has 104 valence electrons.